The van der Waals surface area contributed by atoms with Crippen LogP contribution in [-0.4, -0.2) is 28.2 Å². The Morgan fingerprint density at radius 3 is 2.40 bits per heavy atom. The molecule has 0 spiro atoms. The molecule has 4 heteroatoms. The van der Waals surface area contributed by atoms with Crippen molar-refractivity contribution in [3.8, 4) is 6.07 Å². The number of alkyl halides is 1. The summed E-state index contributed by atoms with van der Waals surface area (Å²) in [6.45, 7) is 1.80. The molecule has 1 rings (SSSR count). The highest BCUT2D eigenvalue weighted by Gasteiger charge is 2.39. The van der Waals surface area contributed by atoms with Crippen LogP contribution in [0.15, 0.2) is 0 Å². The van der Waals surface area contributed by atoms with Crippen LogP contribution in [0.2, 0.25) is 0 Å². The van der Waals surface area contributed by atoms with Gasteiger partial charge < -0.3 is 4.90 Å². The fraction of sp³-hybridized carbons (Fsp3) is 0.818. The summed E-state index contributed by atoms with van der Waals surface area (Å²) in [6.07, 6.45) is 4.88. The van der Waals surface area contributed by atoms with Gasteiger partial charge in [0.25, 0.3) is 0 Å². The molecule has 1 saturated carbocycles. The van der Waals surface area contributed by atoms with Crippen LogP contribution in [0.4, 0.5) is 0 Å². The van der Waals surface area contributed by atoms with Crippen LogP contribution in [0.5, 0.6) is 0 Å². The van der Waals surface area contributed by atoms with Crippen LogP contribution in [0.25, 0.3) is 0 Å². The molecule has 0 radical (unpaired) electrons. The average Bonchev–Trinajstić information content (AvgIpc) is 2.27. The number of carbonyl (C=O) groups is 1. The van der Waals surface area contributed by atoms with Crippen molar-refractivity contribution in [3.05, 3.63) is 0 Å². The SMILES string of the molecule is CC(Br)C(=O)N(C)C1(C#N)CCCCC1. The molecule has 84 valence electrons. The third kappa shape index (κ3) is 2.52. The standard InChI is InChI=1S/C11H17BrN2O/c1-9(12)10(15)14(2)11(8-13)6-4-3-5-7-11/h9H,3-7H2,1-2H3. The van der Waals surface area contributed by atoms with Gasteiger partial charge in [-0.3, -0.25) is 4.79 Å². The predicted octanol–water partition coefficient (Wildman–Crippen LogP) is 2.45. The van der Waals surface area contributed by atoms with E-state index in [4.69, 9.17) is 0 Å². The number of nitrogens with zero attached hydrogens (tertiary/aromatic N) is 2. The van der Waals surface area contributed by atoms with E-state index in [9.17, 15) is 10.1 Å². The van der Waals surface area contributed by atoms with E-state index in [0.717, 1.165) is 25.7 Å². The maximum absolute atomic E-state index is 11.8. The van der Waals surface area contributed by atoms with Gasteiger partial charge in [0, 0.05) is 7.05 Å². The first-order chi connectivity index (χ1) is 7.03. The van der Waals surface area contributed by atoms with Crippen molar-refractivity contribution in [1.82, 2.24) is 4.90 Å². The van der Waals surface area contributed by atoms with Gasteiger partial charge in [-0.2, -0.15) is 5.26 Å². The lowest BCUT2D eigenvalue weighted by atomic mass is 9.81. The summed E-state index contributed by atoms with van der Waals surface area (Å²) in [6, 6.07) is 2.34. The minimum absolute atomic E-state index is 0.00144. The van der Waals surface area contributed by atoms with Crippen molar-refractivity contribution >= 4 is 21.8 Å². The largest absolute Gasteiger partial charge is 0.326 e. The summed E-state index contributed by atoms with van der Waals surface area (Å²) < 4.78 is 0. The number of amides is 1. The third-order valence-corrected chi connectivity index (χ3v) is 3.59. The quantitative estimate of drug-likeness (QED) is 0.725. The Morgan fingerprint density at radius 2 is 2.00 bits per heavy atom. The Morgan fingerprint density at radius 1 is 1.47 bits per heavy atom. The van der Waals surface area contributed by atoms with E-state index in [2.05, 4.69) is 22.0 Å². The summed E-state index contributed by atoms with van der Waals surface area (Å²) in [5.74, 6) is -0.00144. The molecule has 0 heterocycles. The molecule has 1 atom stereocenters. The molecule has 0 aliphatic heterocycles. The van der Waals surface area contributed by atoms with Gasteiger partial charge in [0.1, 0.15) is 5.54 Å². The van der Waals surface area contributed by atoms with Crippen LogP contribution < -0.4 is 0 Å². The smallest absolute Gasteiger partial charge is 0.237 e. The van der Waals surface area contributed by atoms with E-state index in [1.165, 1.54) is 6.42 Å². The number of nitriles is 1. The molecule has 0 aromatic carbocycles. The van der Waals surface area contributed by atoms with Gasteiger partial charge in [-0.15, -0.1) is 0 Å². The molecule has 15 heavy (non-hydrogen) atoms. The minimum atomic E-state index is -0.558. The van der Waals surface area contributed by atoms with Crippen molar-refractivity contribution in [2.24, 2.45) is 0 Å². The molecule has 1 amide bonds. The van der Waals surface area contributed by atoms with Gasteiger partial charge >= 0.3 is 0 Å². The maximum Gasteiger partial charge on any atom is 0.237 e. The molecule has 1 fully saturated rings. The lowest BCUT2D eigenvalue weighted by molar-refractivity contribution is -0.133. The van der Waals surface area contributed by atoms with Gasteiger partial charge in [0.15, 0.2) is 0 Å². The molecule has 1 aliphatic rings. The first-order valence-corrected chi connectivity index (χ1v) is 6.28. The fourth-order valence-electron chi connectivity index (χ4n) is 2.14. The molecule has 3 nitrogen and oxygen atoms in total. The second-order valence-corrected chi connectivity index (χ2v) is 5.59. The van der Waals surface area contributed by atoms with Gasteiger partial charge in [0.2, 0.25) is 5.91 Å². The molecular formula is C11H17BrN2O. The molecule has 1 aliphatic carbocycles. The van der Waals surface area contributed by atoms with Crippen LogP contribution in [-0.2, 0) is 4.79 Å². The number of carbonyl (C=O) groups excluding carboxylic acids is 1. The zero-order valence-electron chi connectivity index (χ0n) is 9.29. The lowest BCUT2D eigenvalue weighted by Crippen LogP contribution is -2.51. The first kappa shape index (κ1) is 12.5. The Kier molecular flexibility index (Phi) is 4.15. The van der Waals surface area contributed by atoms with Crippen molar-refractivity contribution in [1.29, 1.82) is 5.26 Å². The van der Waals surface area contributed by atoms with E-state index in [0.29, 0.717) is 0 Å². The molecule has 0 N–H and O–H groups in total. The molecule has 0 saturated heterocycles. The van der Waals surface area contributed by atoms with E-state index >= 15 is 0 Å². The first-order valence-electron chi connectivity index (χ1n) is 5.36. The molecule has 0 aromatic rings. The van der Waals surface area contributed by atoms with Crippen molar-refractivity contribution in [3.63, 3.8) is 0 Å². The van der Waals surface area contributed by atoms with Gasteiger partial charge in [-0.25, -0.2) is 0 Å². The number of hydrogen-bond acceptors (Lipinski definition) is 2. The molecule has 1 unspecified atom stereocenters. The Balaban J connectivity index is 2.82. The number of hydrogen-bond donors (Lipinski definition) is 0. The highest BCUT2D eigenvalue weighted by Crippen LogP contribution is 2.33. The lowest BCUT2D eigenvalue weighted by Gasteiger charge is -2.39. The number of halogens is 1. The van der Waals surface area contributed by atoms with E-state index in [-0.39, 0.29) is 10.7 Å². The van der Waals surface area contributed by atoms with E-state index in [1.54, 1.807) is 18.9 Å². The van der Waals surface area contributed by atoms with Crippen molar-refractivity contribution in [2.45, 2.75) is 49.4 Å². The molecule has 0 bridgehead atoms. The predicted molar refractivity (Wildman–Crippen MR) is 62.6 cm³/mol. The van der Waals surface area contributed by atoms with Crippen LogP contribution >= 0.6 is 15.9 Å². The maximum atomic E-state index is 11.8. The fourth-order valence-corrected chi connectivity index (χ4v) is 2.44. The topological polar surface area (TPSA) is 44.1 Å². The van der Waals surface area contributed by atoms with Crippen LogP contribution in [0, 0.1) is 11.3 Å². The molecular weight excluding hydrogens is 256 g/mol. The zero-order chi connectivity index (χ0) is 11.5. The summed E-state index contributed by atoms with van der Waals surface area (Å²) in [7, 11) is 1.74. The third-order valence-electron chi connectivity index (χ3n) is 3.20. The van der Waals surface area contributed by atoms with E-state index in [1.807, 2.05) is 0 Å². The Labute approximate surface area is 99.6 Å². The zero-order valence-corrected chi connectivity index (χ0v) is 10.9. The normalized spacial score (nSPS) is 21.5. The molecule has 0 aromatic heterocycles. The second-order valence-electron chi connectivity index (χ2n) is 4.22. The summed E-state index contributed by atoms with van der Waals surface area (Å²) in [5.41, 5.74) is -0.558. The van der Waals surface area contributed by atoms with Gasteiger partial charge in [0.05, 0.1) is 10.9 Å². The van der Waals surface area contributed by atoms with Crippen molar-refractivity contribution in [2.75, 3.05) is 7.05 Å². The summed E-state index contributed by atoms with van der Waals surface area (Å²) in [5, 5.41) is 9.28. The highest BCUT2D eigenvalue weighted by molar-refractivity contribution is 9.10. The Hall–Kier alpha value is -0.560. The highest BCUT2D eigenvalue weighted by atomic mass is 79.9. The van der Waals surface area contributed by atoms with E-state index < -0.39 is 5.54 Å². The Bertz CT molecular complexity index is 277. The van der Waals surface area contributed by atoms with Crippen LogP contribution in [0.3, 0.4) is 0 Å². The summed E-state index contributed by atoms with van der Waals surface area (Å²) in [4.78, 5) is 13.3. The minimum Gasteiger partial charge on any atom is -0.326 e. The number of rotatable bonds is 2. The summed E-state index contributed by atoms with van der Waals surface area (Å²) >= 11 is 3.26. The average molecular weight is 273 g/mol. The second kappa shape index (κ2) is 4.98. The van der Waals surface area contributed by atoms with Crippen molar-refractivity contribution < 1.29 is 4.79 Å². The van der Waals surface area contributed by atoms with Gasteiger partial charge in [-0.05, 0) is 19.8 Å². The van der Waals surface area contributed by atoms with Gasteiger partial charge in [-0.1, -0.05) is 35.2 Å². The monoisotopic (exact) mass is 272 g/mol. The van der Waals surface area contributed by atoms with Crippen LogP contribution in [0.1, 0.15) is 39.0 Å².